The number of nitrogens with one attached hydrogen (secondary N) is 3. The van der Waals surface area contributed by atoms with E-state index in [0.717, 1.165) is 12.8 Å². The monoisotopic (exact) mass is 317 g/mol. The van der Waals surface area contributed by atoms with Crippen LogP contribution in [-0.4, -0.2) is 30.8 Å². The molecular formula is C17H23N3O3. The lowest BCUT2D eigenvalue weighted by Crippen LogP contribution is -2.35. The van der Waals surface area contributed by atoms with Crippen LogP contribution in [0, 0.1) is 11.8 Å². The lowest BCUT2D eigenvalue weighted by Gasteiger charge is -2.09. The fourth-order valence-corrected chi connectivity index (χ4v) is 1.95. The Morgan fingerprint density at radius 2 is 1.65 bits per heavy atom. The van der Waals surface area contributed by atoms with Crippen molar-refractivity contribution in [2.45, 2.75) is 26.7 Å². The van der Waals surface area contributed by atoms with E-state index in [1.54, 1.807) is 24.3 Å². The van der Waals surface area contributed by atoms with Crippen molar-refractivity contribution in [1.29, 1.82) is 0 Å². The van der Waals surface area contributed by atoms with Crippen molar-refractivity contribution in [2.75, 3.05) is 18.4 Å². The first-order chi connectivity index (χ1) is 11.0. The first kappa shape index (κ1) is 17.0. The number of hydrogen-bond donors (Lipinski definition) is 3. The molecule has 6 nitrogen and oxygen atoms in total. The van der Waals surface area contributed by atoms with Crippen LogP contribution in [-0.2, 0) is 9.59 Å². The third-order valence-corrected chi connectivity index (χ3v) is 3.60. The van der Waals surface area contributed by atoms with Gasteiger partial charge in [-0.1, -0.05) is 13.8 Å². The van der Waals surface area contributed by atoms with E-state index in [-0.39, 0.29) is 29.6 Å². The summed E-state index contributed by atoms with van der Waals surface area (Å²) in [5.41, 5.74) is 1.18. The quantitative estimate of drug-likeness (QED) is 0.667. The second-order valence-electron chi connectivity index (χ2n) is 6.04. The average Bonchev–Trinajstić information content (AvgIpc) is 3.36. The average molecular weight is 317 g/mol. The Labute approximate surface area is 136 Å². The molecular weight excluding hydrogens is 294 g/mol. The summed E-state index contributed by atoms with van der Waals surface area (Å²) in [6.45, 7) is 4.46. The molecule has 23 heavy (non-hydrogen) atoms. The van der Waals surface area contributed by atoms with E-state index in [1.165, 1.54) is 0 Å². The lowest BCUT2D eigenvalue weighted by atomic mass is 10.1. The molecule has 0 heterocycles. The van der Waals surface area contributed by atoms with Gasteiger partial charge in [0.05, 0.1) is 0 Å². The number of rotatable bonds is 7. The molecule has 0 atom stereocenters. The van der Waals surface area contributed by atoms with Crippen molar-refractivity contribution in [3.63, 3.8) is 0 Å². The van der Waals surface area contributed by atoms with Gasteiger partial charge in [0.2, 0.25) is 11.8 Å². The molecule has 1 fully saturated rings. The molecule has 124 valence electrons. The minimum atomic E-state index is -0.201. The number of benzene rings is 1. The third kappa shape index (κ3) is 5.39. The zero-order chi connectivity index (χ0) is 16.8. The molecule has 0 saturated heterocycles. The van der Waals surface area contributed by atoms with Crippen LogP contribution in [0.25, 0.3) is 0 Å². The summed E-state index contributed by atoms with van der Waals surface area (Å²) < 4.78 is 0. The Hall–Kier alpha value is -2.37. The second-order valence-corrected chi connectivity index (χ2v) is 6.04. The maximum atomic E-state index is 12.0. The summed E-state index contributed by atoms with van der Waals surface area (Å²) in [5, 5.41) is 8.31. The number of carbonyl (C=O) groups excluding carboxylic acids is 3. The summed E-state index contributed by atoms with van der Waals surface area (Å²) in [4.78, 5) is 35.0. The molecule has 6 heteroatoms. The van der Waals surface area contributed by atoms with Gasteiger partial charge in [-0.3, -0.25) is 14.4 Å². The molecule has 1 aromatic rings. The second kappa shape index (κ2) is 7.76. The highest BCUT2D eigenvalue weighted by Gasteiger charge is 2.28. The molecule has 0 aliphatic heterocycles. The van der Waals surface area contributed by atoms with Crippen LogP contribution in [0.1, 0.15) is 37.0 Å². The van der Waals surface area contributed by atoms with Crippen LogP contribution >= 0.6 is 0 Å². The molecule has 0 radical (unpaired) electrons. The van der Waals surface area contributed by atoms with Gasteiger partial charge in [-0.2, -0.15) is 0 Å². The van der Waals surface area contributed by atoms with Gasteiger partial charge in [-0.15, -0.1) is 0 Å². The third-order valence-electron chi connectivity index (χ3n) is 3.60. The Balaban J connectivity index is 1.73. The maximum Gasteiger partial charge on any atom is 0.251 e. The van der Waals surface area contributed by atoms with Crippen molar-refractivity contribution in [1.82, 2.24) is 10.6 Å². The summed E-state index contributed by atoms with van der Waals surface area (Å²) in [6.07, 6.45) is 1.94. The normalized spacial score (nSPS) is 13.5. The topological polar surface area (TPSA) is 87.3 Å². The van der Waals surface area contributed by atoms with Gasteiger partial charge in [0, 0.05) is 36.2 Å². The molecule has 0 aromatic heterocycles. The van der Waals surface area contributed by atoms with Crippen LogP contribution in [0.5, 0.6) is 0 Å². The molecule has 1 aliphatic rings. The molecule has 0 bridgehead atoms. The summed E-state index contributed by atoms with van der Waals surface area (Å²) in [6, 6.07) is 6.72. The smallest absolute Gasteiger partial charge is 0.251 e. The number of anilines is 1. The predicted octanol–water partition coefficient (Wildman–Crippen LogP) is 1.54. The van der Waals surface area contributed by atoms with E-state index in [1.807, 2.05) is 13.8 Å². The minimum absolute atomic E-state index is 0.0615. The molecule has 1 aromatic carbocycles. The minimum Gasteiger partial charge on any atom is -0.354 e. The molecule has 1 saturated carbocycles. The van der Waals surface area contributed by atoms with Crippen LogP contribution in [0.3, 0.4) is 0 Å². The summed E-state index contributed by atoms with van der Waals surface area (Å²) in [7, 11) is 0. The zero-order valence-electron chi connectivity index (χ0n) is 13.5. The van der Waals surface area contributed by atoms with Crippen molar-refractivity contribution >= 4 is 23.4 Å². The Morgan fingerprint density at radius 1 is 1.04 bits per heavy atom. The van der Waals surface area contributed by atoms with E-state index in [2.05, 4.69) is 16.0 Å². The number of carbonyl (C=O) groups is 3. The Morgan fingerprint density at radius 3 is 2.22 bits per heavy atom. The van der Waals surface area contributed by atoms with Crippen molar-refractivity contribution in [2.24, 2.45) is 11.8 Å². The SMILES string of the molecule is CC(C)C(=O)Nc1ccc(C(=O)NCCNC(=O)C2CC2)cc1. The molecule has 1 aliphatic carbocycles. The van der Waals surface area contributed by atoms with Gasteiger partial charge in [0.15, 0.2) is 0 Å². The Bertz CT molecular complexity index is 577. The van der Waals surface area contributed by atoms with Crippen LogP contribution in [0.4, 0.5) is 5.69 Å². The zero-order valence-corrected chi connectivity index (χ0v) is 13.5. The highest BCUT2D eigenvalue weighted by atomic mass is 16.2. The Kier molecular flexibility index (Phi) is 5.73. The lowest BCUT2D eigenvalue weighted by molar-refractivity contribution is -0.122. The molecule has 3 amide bonds. The fourth-order valence-electron chi connectivity index (χ4n) is 1.95. The predicted molar refractivity (Wildman–Crippen MR) is 88.0 cm³/mol. The number of hydrogen-bond acceptors (Lipinski definition) is 3. The highest BCUT2D eigenvalue weighted by molar-refractivity contribution is 5.96. The first-order valence-corrected chi connectivity index (χ1v) is 7.94. The van der Waals surface area contributed by atoms with Crippen LogP contribution in [0.2, 0.25) is 0 Å². The van der Waals surface area contributed by atoms with E-state index < -0.39 is 0 Å². The van der Waals surface area contributed by atoms with E-state index in [4.69, 9.17) is 0 Å². The first-order valence-electron chi connectivity index (χ1n) is 7.94. The van der Waals surface area contributed by atoms with Crippen molar-refractivity contribution in [3.8, 4) is 0 Å². The van der Waals surface area contributed by atoms with Gasteiger partial charge in [0.25, 0.3) is 5.91 Å². The molecule has 0 unspecified atom stereocenters. The van der Waals surface area contributed by atoms with Gasteiger partial charge < -0.3 is 16.0 Å². The van der Waals surface area contributed by atoms with Gasteiger partial charge >= 0.3 is 0 Å². The standard InChI is InChI=1S/C17H23N3O3/c1-11(2)15(21)20-14-7-5-13(6-8-14)17(23)19-10-9-18-16(22)12-3-4-12/h5-8,11-12H,3-4,9-10H2,1-2H3,(H,18,22)(H,19,23)(H,20,21). The molecule has 2 rings (SSSR count). The van der Waals surface area contributed by atoms with E-state index in [0.29, 0.717) is 24.3 Å². The van der Waals surface area contributed by atoms with Crippen LogP contribution in [0.15, 0.2) is 24.3 Å². The van der Waals surface area contributed by atoms with E-state index >= 15 is 0 Å². The summed E-state index contributed by atoms with van der Waals surface area (Å²) >= 11 is 0. The van der Waals surface area contributed by atoms with Gasteiger partial charge in [-0.05, 0) is 37.1 Å². The number of amides is 3. The molecule has 0 spiro atoms. The van der Waals surface area contributed by atoms with Gasteiger partial charge in [-0.25, -0.2) is 0 Å². The fraction of sp³-hybridized carbons (Fsp3) is 0.471. The highest BCUT2D eigenvalue weighted by Crippen LogP contribution is 2.28. The van der Waals surface area contributed by atoms with Crippen molar-refractivity contribution in [3.05, 3.63) is 29.8 Å². The summed E-state index contributed by atoms with van der Waals surface area (Å²) in [5.74, 6) is -0.103. The largest absolute Gasteiger partial charge is 0.354 e. The maximum absolute atomic E-state index is 12.0. The van der Waals surface area contributed by atoms with Crippen LogP contribution < -0.4 is 16.0 Å². The van der Waals surface area contributed by atoms with Gasteiger partial charge in [0.1, 0.15) is 0 Å². The van der Waals surface area contributed by atoms with E-state index in [9.17, 15) is 14.4 Å². The van der Waals surface area contributed by atoms with Crippen molar-refractivity contribution < 1.29 is 14.4 Å². The molecule has 3 N–H and O–H groups in total.